The van der Waals surface area contributed by atoms with Crippen LogP contribution in [-0.2, 0) is 6.54 Å². The first-order valence-corrected chi connectivity index (χ1v) is 12.5. The maximum Gasteiger partial charge on any atom is 0.272 e. The van der Waals surface area contributed by atoms with Crippen molar-refractivity contribution in [3.05, 3.63) is 93.4 Å². The van der Waals surface area contributed by atoms with E-state index < -0.39 is 0 Å². The van der Waals surface area contributed by atoms with Gasteiger partial charge in [-0.2, -0.15) is 0 Å². The molecule has 34 heavy (non-hydrogen) atoms. The number of carbonyl (C=O) groups is 1. The molecule has 170 valence electrons. The van der Waals surface area contributed by atoms with Crippen LogP contribution in [0.4, 0.5) is 0 Å². The van der Waals surface area contributed by atoms with Crippen molar-refractivity contribution in [1.82, 2.24) is 14.5 Å². The maximum atomic E-state index is 13.6. The lowest BCUT2D eigenvalue weighted by Crippen LogP contribution is -2.23. The van der Waals surface area contributed by atoms with Gasteiger partial charge in [0.05, 0.1) is 29.9 Å². The molecule has 0 saturated heterocycles. The Balaban J connectivity index is 1.57. The lowest BCUT2D eigenvalue weighted by molar-refractivity contribution is 0.102. The Labute approximate surface area is 208 Å². The number of carbonyl (C=O) groups excluding carboxylic acids is 1. The molecule has 9 heteroatoms. The lowest BCUT2D eigenvalue weighted by Gasteiger charge is -2.12. The smallest absolute Gasteiger partial charge is 0.272 e. The van der Waals surface area contributed by atoms with Crippen molar-refractivity contribution in [2.75, 3.05) is 12.9 Å². The molecule has 6 nitrogen and oxygen atoms in total. The van der Waals surface area contributed by atoms with Crippen molar-refractivity contribution >= 4 is 60.9 Å². The Bertz CT molecular complexity index is 1580. The molecule has 0 bridgehead atoms. The van der Waals surface area contributed by atoms with E-state index in [1.54, 1.807) is 42.1 Å². The lowest BCUT2D eigenvalue weighted by atomic mass is 10.1. The minimum absolute atomic E-state index is 0.102. The standard InChI is InChI=1S/C25H18ClN3O3S2/c1-32-16-10-8-15(9-11-16)13-29-24(31)22-21(18-6-4-12-27-23(18)34-22)28-25(29)33-14-20(30)17-5-2-3-7-19(17)26/h2-12H,13-14H2,1H3. The van der Waals surface area contributed by atoms with Crippen molar-refractivity contribution in [3.63, 3.8) is 0 Å². The molecule has 0 amide bonds. The molecule has 2 aromatic carbocycles. The van der Waals surface area contributed by atoms with E-state index >= 15 is 0 Å². The number of Topliss-reactive ketones (excluding diaryl/α,β-unsaturated/α-hetero) is 1. The molecule has 5 rings (SSSR count). The van der Waals surface area contributed by atoms with E-state index in [4.69, 9.17) is 21.3 Å². The molecule has 0 spiro atoms. The Hall–Kier alpha value is -3.20. The summed E-state index contributed by atoms with van der Waals surface area (Å²) in [6, 6.07) is 18.2. The summed E-state index contributed by atoms with van der Waals surface area (Å²) in [5.41, 5.74) is 1.82. The van der Waals surface area contributed by atoms with Gasteiger partial charge < -0.3 is 4.74 Å². The molecule has 3 aromatic heterocycles. The molecule has 0 aliphatic heterocycles. The summed E-state index contributed by atoms with van der Waals surface area (Å²) in [4.78, 5) is 36.4. The molecule has 0 N–H and O–H groups in total. The summed E-state index contributed by atoms with van der Waals surface area (Å²) < 4.78 is 7.40. The third-order valence-electron chi connectivity index (χ3n) is 5.32. The number of ketones is 1. The summed E-state index contributed by atoms with van der Waals surface area (Å²) in [6.07, 6.45) is 1.70. The number of hydrogen-bond acceptors (Lipinski definition) is 7. The maximum absolute atomic E-state index is 13.6. The van der Waals surface area contributed by atoms with Crippen LogP contribution < -0.4 is 10.3 Å². The SMILES string of the molecule is COc1ccc(Cn2c(SCC(=O)c3ccccc3Cl)nc3c(sc4ncccc43)c2=O)cc1. The molecule has 0 fully saturated rings. The zero-order valence-electron chi connectivity index (χ0n) is 18.0. The highest BCUT2D eigenvalue weighted by Crippen LogP contribution is 2.31. The fraction of sp³-hybridized carbons (Fsp3) is 0.120. The molecule has 5 aromatic rings. The Morgan fingerprint density at radius 2 is 1.91 bits per heavy atom. The fourth-order valence-corrected chi connectivity index (χ4v) is 5.75. The van der Waals surface area contributed by atoms with Gasteiger partial charge in [-0.15, -0.1) is 11.3 Å². The molecule has 3 heterocycles. The van der Waals surface area contributed by atoms with E-state index in [0.29, 0.717) is 32.5 Å². The van der Waals surface area contributed by atoms with Crippen LogP contribution in [0.3, 0.4) is 0 Å². The Kier molecular flexibility index (Phi) is 6.36. The van der Waals surface area contributed by atoms with Crippen LogP contribution in [0.25, 0.3) is 20.4 Å². The molecule has 0 saturated carbocycles. The van der Waals surface area contributed by atoms with Gasteiger partial charge in [0.25, 0.3) is 5.56 Å². The largest absolute Gasteiger partial charge is 0.497 e. The van der Waals surface area contributed by atoms with Gasteiger partial charge in [0.15, 0.2) is 10.9 Å². The number of methoxy groups -OCH3 is 1. The van der Waals surface area contributed by atoms with Gasteiger partial charge in [0.1, 0.15) is 15.3 Å². The third kappa shape index (κ3) is 4.32. The number of fused-ring (bicyclic) bond motifs is 3. The van der Waals surface area contributed by atoms with Gasteiger partial charge in [0.2, 0.25) is 0 Å². The number of pyridine rings is 1. The average molecular weight is 508 g/mol. The normalized spacial score (nSPS) is 11.2. The number of thioether (sulfide) groups is 1. The first-order valence-electron chi connectivity index (χ1n) is 10.4. The second-order valence-electron chi connectivity index (χ2n) is 7.46. The molecule has 0 aliphatic carbocycles. The second kappa shape index (κ2) is 9.58. The van der Waals surface area contributed by atoms with E-state index in [-0.39, 0.29) is 17.1 Å². The Morgan fingerprint density at radius 1 is 1.12 bits per heavy atom. The summed E-state index contributed by atoms with van der Waals surface area (Å²) >= 11 is 8.76. The van der Waals surface area contributed by atoms with Crippen LogP contribution in [0.2, 0.25) is 5.02 Å². The molecular formula is C25H18ClN3O3S2. The van der Waals surface area contributed by atoms with Crippen LogP contribution in [0.1, 0.15) is 15.9 Å². The minimum Gasteiger partial charge on any atom is -0.497 e. The highest BCUT2D eigenvalue weighted by molar-refractivity contribution is 7.99. The zero-order valence-corrected chi connectivity index (χ0v) is 20.4. The summed E-state index contributed by atoms with van der Waals surface area (Å²) in [5.74, 6) is 0.711. The van der Waals surface area contributed by atoms with Crippen LogP contribution >= 0.6 is 34.7 Å². The molecule has 0 aliphatic rings. The fourth-order valence-electron chi connectivity index (χ4n) is 3.60. The number of halogens is 1. The third-order valence-corrected chi connectivity index (χ3v) is 7.72. The zero-order chi connectivity index (χ0) is 23.7. The second-order valence-corrected chi connectivity index (χ2v) is 9.81. The van der Waals surface area contributed by atoms with Crippen molar-refractivity contribution < 1.29 is 9.53 Å². The topological polar surface area (TPSA) is 74.1 Å². The van der Waals surface area contributed by atoms with Gasteiger partial charge in [-0.05, 0) is 42.0 Å². The number of aromatic nitrogens is 3. The van der Waals surface area contributed by atoms with Crippen LogP contribution in [-0.4, -0.2) is 33.2 Å². The predicted molar refractivity (Wildman–Crippen MR) is 138 cm³/mol. The number of ether oxygens (including phenoxy) is 1. The van der Waals surface area contributed by atoms with Crippen molar-refractivity contribution in [1.29, 1.82) is 0 Å². The van der Waals surface area contributed by atoms with E-state index in [1.165, 1.54) is 23.1 Å². The highest BCUT2D eigenvalue weighted by atomic mass is 35.5. The number of nitrogens with zero attached hydrogens (tertiary/aromatic N) is 3. The van der Waals surface area contributed by atoms with Crippen LogP contribution in [0, 0.1) is 0 Å². The monoisotopic (exact) mass is 507 g/mol. The van der Waals surface area contributed by atoms with Gasteiger partial charge in [0, 0.05) is 17.1 Å². The number of benzene rings is 2. The Morgan fingerprint density at radius 3 is 2.68 bits per heavy atom. The van der Waals surface area contributed by atoms with Crippen molar-refractivity contribution in [2.24, 2.45) is 0 Å². The first-order chi connectivity index (χ1) is 16.5. The predicted octanol–water partition coefficient (Wildman–Crippen LogP) is 5.69. The quantitative estimate of drug-likeness (QED) is 0.160. The molecule has 0 radical (unpaired) electrons. The molecule has 0 unspecified atom stereocenters. The van der Waals surface area contributed by atoms with Gasteiger partial charge in [-0.3, -0.25) is 14.2 Å². The van der Waals surface area contributed by atoms with Crippen molar-refractivity contribution in [2.45, 2.75) is 11.7 Å². The summed E-state index contributed by atoms with van der Waals surface area (Å²) in [5, 5.41) is 1.70. The number of hydrogen-bond donors (Lipinski definition) is 0. The summed E-state index contributed by atoms with van der Waals surface area (Å²) in [6.45, 7) is 0.316. The molecule has 0 atom stereocenters. The first kappa shape index (κ1) is 22.6. The van der Waals surface area contributed by atoms with Gasteiger partial charge in [-0.1, -0.05) is 47.6 Å². The summed E-state index contributed by atoms with van der Waals surface area (Å²) in [7, 11) is 1.61. The highest BCUT2D eigenvalue weighted by Gasteiger charge is 2.19. The van der Waals surface area contributed by atoms with E-state index in [1.807, 2.05) is 36.4 Å². The number of thiophene rings is 1. The van der Waals surface area contributed by atoms with E-state index in [9.17, 15) is 9.59 Å². The van der Waals surface area contributed by atoms with Gasteiger partial charge in [-0.25, -0.2) is 9.97 Å². The average Bonchev–Trinajstić information content (AvgIpc) is 3.24. The van der Waals surface area contributed by atoms with E-state index in [2.05, 4.69) is 4.98 Å². The van der Waals surface area contributed by atoms with Crippen LogP contribution in [0.5, 0.6) is 5.75 Å². The van der Waals surface area contributed by atoms with E-state index in [0.717, 1.165) is 21.5 Å². The van der Waals surface area contributed by atoms with Crippen molar-refractivity contribution in [3.8, 4) is 5.75 Å². The van der Waals surface area contributed by atoms with Crippen LogP contribution in [0.15, 0.2) is 76.8 Å². The van der Waals surface area contributed by atoms with Gasteiger partial charge >= 0.3 is 0 Å². The molecular weight excluding hydrogens is 490 g/mol. The minimum atomic E-state index is -0.156. The number of rotatable bonds is 7.